The zero-order valence-corrected chi connectivity index (χ0v) is 15.5. The number of ether oxygens (including phenoxy) is 1. The second kappa shape index (κ2) is 9.41. The van der Waals surface area contributed by atoms with Gasteiger partial charge in [0.25, 0.3) is 0 Å². The summed E-state index contributed by atoms with van der Waals surface area (Å²) in [4.78, 5) is 16.9. The molecule has 142 valence electrons. The quantitative estimate of drug-likeness (QED) is 0.771. The predicted octanol–water partition coefficient (Wildman–Crippen LogP) is 2.58. The summed E-state index contributed by atoms with van der Waals surface area (Å²) < 4.78 is 6.16. The highest BCUT2D eigenvalue weighted by atomic mass is 16.7. The molecule has 2 N–H and O–H groups in total. The number of carbonyl (C=O) groups is 1. The zero-order valence-electron chi connectivity index (χ0n) is 15.5. The molecular formula is C19H33N3O3. The number of hydrogen-bond acceptors (Lipinski definition) is 5. The van der Waals surface area contributed by atoms with Gasteiger partial charge in [-0.15, -0.1) is 0 Å². The van der Waals surface area contributed by atoms with E-state index in [1.54, 1.807) is 6.92 Å². The van der Waals surface area contributed by atoms with Gasteiger partial charge in [-0.05, 0) is 31.7 Å². The van der Waals surface area contributed by atoms with Crippen molar-refractivity contribution in [2.75, 3.05) is 19.7 Å². The highest BCUT2D eigenvalue weighted by Crippen LogP contribution is 2.28. The lowest BCUT2D eigenvalue weighted by atomic mass is 9.85. The van der Waals surface area contributed by atoms with Crippen LogP contribution in [0.5, 0.6) is 0 Å². The lowest BCUT2D eigenvalue weighted by Gasteiger charge is -2.35. The molecule has 0 aromatic carbocycles. The minimum atomic E-state index is -0.00161. The fourth-order valence-electron chi connectivity index (χ4n) is 4.37. The van der Waals surface area contributed by atoms with Gasteiger partial charge in [0.2, 0.25) is 11.8 Å². The van der Waals surface area contributed by atoms with Gasteiger partial charge in [0, 0.05) is 19.5 Å². The normalized spacial score (nSPS) is 30.8. The Hall–Kier alpha value is -1.30. The van der Waals surface area contributed by atoms with Crippen LogP contribution in [0.25, 0.3) is 0 Å². The Morgan fingerprint density at radius 2 is 2.08 bits per heavy atom. The van der Waals surface area contributed by atoms with Gasteiger partial charge in [-0.1, -0.05) is 43.7 Å². The van der Waals surface area contributed by atoms with Crippen LogP contribution < -0.4 is 10.6 Å². The Bertz CT molecular complexity index is 463. The van der Waals surface area contributed by atoms with Gasteiger partial charge in [-0.2, -0.15) is 0 Å². The fourth-order valence-corrected chi connectivity index (χ4v) is 4.37. The molecule has 0 bridgehead atoms. The van der Waals surface area contributed by atoms with Crippen LogP contribution >= 0.6 is 0 Å². The van der Waals surface area contributed by atoms with Crippen molar-refractivity contribution in [3.8, 4) is 0 Å². The monoisotopic (exact) mass is 351 g/mol. The summed E-state index contributed by atoms with van der Waals surface area (Å²) in [7, 11) is 0. The smallest absolute Gasteiger partial charge is 0.232 e. The minimum absolute atomic E-state index is 0.00161. The molecule has 2 fully saturated rings. The molecule has 2 aliphatic heterocycles. The van der Waals surface area contributed by atoms with Crippen LogP contribution in [0.1, 0.15) is 64.7 Å². The maximum absolute atomic E-state index is 11.5. The molecule has 1 saturated heterocycles. The van der Waals surface area contributed by atoms with Crippen LogP contribution in [-0.4, -0.2) is 43.6 Å². The molecule has 0 aromatic heterocycles. The number of piperidine rings is 1. The van der Waals surface area contributed by atoms with E-state index in [1.807, 2.05) is 0 Å². The lowest BCUT2D eigenvalue weighted by Crippen LogP contribution is -2.53. The number of oxime groups is 1. The van der Waals surface area contributed by atoms with Gasteiger partial charge in [-0.25, -0.2) is 0 Å². The first kappa shape index (κ1) is 18.5. The average Bonchev–Trinajstić information content (AvgIpc) is 2.63. The van der Waals surface area contributed by atoms with Crippen molar-refractivity contribution in [3.05, 3.63) is 0 Å². The molecule has 1 saturated carbocycles. The molecule has 3 atom stereocenters. The molecule has 0 aromatic rings. The van der Waals surface area contributed by atoms with E-state index in [9.17, 15) is 4.79 Å². The lowest BCUT2D eigenvalue weighted by molar-refractivity contribution is -0.120. The highest BCUT2D eigenvalue weighted by molar-refractivity contribution is 5.81. The molecule has 3 rings (SSSR count). The summed E-state index contributed by atoms with van der Waals surface area (Å²) in [5, 5.41) is 10.6. The van der Waals surface area contributed by atoms with E-state index in [4.69, 9.17) is 9.57 Å². The van der Waals surface area contributed by atoms with E-state index >= 15 is 0 Å². The Morgan fingerprint density at radius 1 is 1.24 bits per heavy atom. The maximum atomic E-state index is 11.5. The van der Waals surface area contributed by atoms with Crippen molar-refractivity contribution < 1.29 is 14.4 Å². The SMILES string of the molecule is CC(=O)NC1CCNCC1C1=NOCC(CCCC2CCCCC2)O1. The Morgan fingerprint density at radius 3 is 2.88 bits per heavy atom. The van der Waals surface area contributed by atoms with Crippen LogP contribution in [0, 0.1) is 11.8 Å². The Labute approximate surface area is 151 Å². The molecule has 3 aliphatic rings. The molecule has 25 heavy (non-hydrogen) atoms. The second-order valence-corrected chi connectivity index (χ2v) is 7.81. The van der Waals surface area contributed by atoms with Gasteiger partial charge in [-0.3, -0.25) is 4.79 Å². The number of rotatable bonds is 6. The first-order chi connectivity index (χ1) is 12.2. The molecule has 1 amide bonds. The summed E-state index contributed by atoms with van der Waals surface area (Å²) in [6.45, 7) is 3.77. The van der Waals surface area contributed by atoms with Crippen molar-refractivity contribution in [3.63, 3.8) is 0 Å². The summed E-state index contributed by atoms with van der Waals surface area (Å²) in [6.07, 6.45) is 11.6. The molecule has 6 nitrogen and oxygen atoms in total. The molecular weight excluding hydrogens is 318 g/mol. The van der Waals surface area contributed by atoms with Crippen LogP contribution in [0.3, 0.4) is 0 Å². The van der Waals surface area contributed by atoms with E-state index < -0.39 is 0 Å². The summed E-state index contributed by atoms with van der Waals surface area (Å²) >= 11 is 0. The number of carbonyl (C=O) groups excluding carboxylic acids is 1. The highest BCUT2D eigenvalue weighted by Gasteiger charge is 2.34. The van der Waals surface area contributed by atoms with Gasteiger partial charge < -0.3 is 20.2 Å². The number of nitrogens with zero attached hydrogens (tertiary/aromatic N) is 1. The molecule has 1 aliphatic carbocycles. The van der Waals surface area contributed by atoms with E-state index in [-0.39, 0.29) is 24.0 Å². The summed E-state index contributed by atoms with van der Waals surface area (Å²) in [5.74, 6) is 1.62. The first-order valence-electron chi connectivity index (χ1n) is 10.1. The zero-order chi connectivity index (χ0) is 17.5. The molecule has 0 spiro atoms. The minimum Gasteiger partial charge on any atom is -0.471 e. The molecule has 0 radical (unpaired) electrons. The number of nitrogens with one attached hydrogen (secondary N) is 2. The van der Waals surface area contributed by atoms with Crippen molar-refractivity contribution >= 4 is 11.8 Å². The maximum Gasteiger partial charge on any atom is 0.232 e. The van der Waals surface area contributed by atoms with E-state index in [1.165, 1.54) is 44.9 Å². The third kappa shape index (κ3) is 5.59. The molecule has 3 unspecified atom stereocenters. The Balaban J connectivity index is 1.46. The molecule has 2 heterocycles. The van der Waals surface area contributed by atoms with Crippen molar-refractivity contribution in [2.24, 2.45) is 17.0 Å². The van der Waals surface area contributed by atoms with Crippen LogP contribution in [0.2, 0.25) is 0 Å². The topological polar surface area (TPSA) is 72.0 Å². The average molecular weight is 351 g/mol. The van der Waals surface area contributed by atoms with Crippen molar-refractivity contribution in [2.45, 2.75) is 76.9 Å². The number of amides is 1. The van der Waals surface area contributed by atoms with E-state index in [0.717, 1.165) is 31.8 Å². The van der Waals surface area contributed by atoms with Gasteiger partial charge in [0.05, 0.1) is 5.92 Å². The first-order valence-corrected chi connectivity index (χ1v) is 10.1. The van der Waals surface area contributed by atoms with E-state index in [2.05, 4.69) is 15.8 Å². The predicted molar refractivity (Wildman–Crippen MR) is 97.3 cm³/mol. The van der Waals surface area contributed by atoms with Crippen molar-refractivity contribution in [1.82, 2.24) is 10.6 Å². The van der Waals surface area contributed by atoms with Crippen molar-refractivity contribution in [1.29, 1.82) is 0 Å². The van der Waals surface area contributed by atoms with Gasteiger partial charge in [0.1, 0.15) is 6.10 Å². The molecule has 6 heteroatoms. The van der Waals surface area contributed by atoms with Crippen LogP contribution in [0.15, 0.2) is 5.16 Å². The summed E-state index contributed by atoms with van der Waals surface area (Å²) in [6, 6.07) is 0.0714. The standard InChI is InChI=1S/C19H33N3O3/c1-14(23)21-18-10-11-20-12-17(18)19-22-24-13-16(25-19)9-5-8-15-6-3-2-4-7-15/h15-18,20H,2-13H2,1H3,(H,21,23). The Kier molecular flexibility index (Phi) is 6.96. The van der Waals surface area contributed by atoms with Crippen LogP contribution in [0.4, 0.5) is 0 Å². The van der Waals surface area contributed by atoms with Gasteiger partial charge in [0.15, 0.2) is 6.61 Å². The third-order valence-corrected chi connectivity index (χ3v) is 5.75. The van der Waals surface area contributed by atoms with Gasteiger partial charge >= 0.3 is 0 Å². The van der Waals surface area contributed by atoms with E-state index in [0.29, 0.717) is 12.5 Å². The fraction of sp³-hybridized carbons (Fsp3) is 0.895. The second-order valence-electron chi connectivity index (χ2n) is 7.81. The van der Waals surface area contributed by atoms with Crippen LogP contribution in [-0.2, 0) is 14.4 Å². The summed E-state index contributed by atoms with van der Waals surface area (Å²) in [5.41, 5.74) is 0. The third-order valence-electron chi connectivity index (χ3n) is 5.75. The number of hydrogen-bond donors (Lipinski definition) is 2. The largest absolute Gasteiger partial charge is 0.471 e.